The van der Waals surface area contributed by atoms with E-state index in [2.05, 4.69) is 0 Å². The van der Waals surface area contributed by atoms with Gasteiger partial charge in [-0.2, -0.15) is 28.0 Å². The number of halogens is 3. The summed E-state index contributed by atoms with van der Waals surface area (Å²) in [5.74, 6) is 0. The van der Waals surface area contributed by atoms with Gasteiger partial charge in [0.2, 0.25) is 10.0 Å². The maximum atomic E-state index is 12.5. The fourth-order valence-electron chi connectivity index (χ4n) is 1.67. The minimum atomic E-state index is -4.55. The van der Waals surface area contributed by atoms with Crippen LogP contribution < -0.4 is 0 Å². The number of benzene rings is 1. The minimum absolute atomic E-state index is 0.0781. The molecule has 9 heteroatoms. The Labute approximate surface area is 126 Å². The molecule has 0 bridgehead atoms. The molecule has 0 radical (unpaired) electrons. The lowest BCUT2D eigenvalue weighted by Crippen LogP contribution is -2.32. The second kappa shape index (κ2) is 7.25. The first-order chi connectivity index (χ1) is 10.2. The number of rotatable bonds is 6. The first-order valence-electron chi connectivity index (χ1n) is 6.15. The second-order valence-corrected chi connectivity index (χ2v) is 6.18. The molecule has 0 amide bonds. The maximum absolute atomic E-state index is 12.5. The van der Waals surface area contributed by atoms with Crippen molar-refractivity contribution in [3.05, 3.63) is 29.8 Å². The van der Waals surface area contributed by atoms with E-state index in [1.165, 1.54) is 0 Å². The van der Waals surface area contributed by atoms with Crippen LogP contribution in [0, 0.1) is 22.7 Å². The first kappa shape index (κ1) is 18.0. The van der Waals surface area contributed by atoms with Crippen LogP contribution in [-0.2, 0) is 16.2 Å². The molecule has 0 fully saturated rings. The Morgan fingerprint density at radius 1 is 1.00 bits per heavy atom. The smallest absolute Gasteiger partial charge is 0.207 e. The SMILES string of the molecule is N#CCCN(CCC#N)S(=O)(=O)c1ccc(C(F)(F)F)cc1. The lowest BCUT2D eigenvalue weighted by atomic mass is 10.2. The maximum Gasteiger partial charge on any atom is 0.416 e. The van der Waals surface area contributed by atoms with Crippen molar-refractivity contribution in [2.45, 2.75) is 23.9 Å². The number of nitrogens with zero attached hydrogens (tertiary/aromatic N) is 3. The highest BCUT2D eigenvalue weighted by Gasteiger charge is 2.31. The molecule has 0 N–H and O–H groups in total. The van der Waals surface area contributed by atoms with Gasteiger partial charge in [0.25, 0.3) is 0 Å². The highest BCUT2D eigenvalue weighted by Crippen LogP contribution is 2.30. The zero-order chi connectivity index (χ0) is 16.8. The summed E-state index contributed by atoms with van der Waals surface area (Å²) in [6, 6.07) is 6.67. The third-order valence-corrected chi connectivity index (χ3v) is 4.68. The summed E-state index contributed by atoms with van der Waals surface area (Å²) in [5, 5.41) is 17.1. The zero-order valence-electron chi connectivity index (χ0n) is 11.3. The van der Waals surface area contributed by atoms with Crippen LogP contribution in [0.15, 0.2) is 29.2 Å². The van der Waals surface area contributed by atoms with E-state index in [0.717, 1.165) is 16.4 Å². The van der Waals surface area contributed by atoms with Gasteiger partial charge in [-0.05, 0) is 24.3 Å². The van der Waals surface area contributed by atoms with Crippen LogP contribution in [-0.4, -0.2) is 25.8 Å². The summed E-state index contributed by atoms with van der Waals surface area (Å²) in [5.41, 5.74) is -0.952. The second-order valence-electron chi connectivity index (χ2n) is 4.24. The summed E-state index contributed by atoms with van der Waals surface area (Å²) in [4.78, 5) is -0.309. The Hall–Kier alpha value is -2.10. The van der Waals surface area contributed by atoms with Gasteiger partial charge in [-0.3, -0.25) is 0 Å². The Morgan fingerprint density at radius 3 is 1.82 bits per heavy atom. The summed E-state index contributed by atoms with van der Waals surface area (Å²) < 4.78 is 63.0. The van der Waals surface area contributed by atoms with Crippen LogP contribution in [0.25, 0.3) is 0 Å². The molecule has 0 spiro atoms. The monoisotopic (exact) mass is 331 g/mol. The van der Waals surface area contributed by atoms with Crippen molar-refractivity contribution in [3.8, 4) is 12.1 Å². The summed E-state index contributed by atoms with van der Waals surface area (Å²) >= 11 is 0. The number of hydrogen-bond acceptors (Lipinski definition) is 4. The Morgan fingerprint density at radius 2 is 1.45 bits per heavy atom. The van der Waals surface area contributed by atoms with E-state index in [9.17, 15) is 21.6 Å². The zero-order valence-corrected chi connectivity index (χ0v) is 12.2. The standard InChI is InChI=1S/C13H12F3N3O2S/c14-13(15,16)11-3-5-12(6-4-11)22(20,21)19(9-1-7-17)10-2-8-18/h3-6H,1-2,9-10H2. The van der Waals surface area contributed by atoms with E-state index < -0.39 is 21.8 Å². The van der Waals surface area contributed by atoms with Crippen molar-refractivity contribution in [1.82, 2.24) is 4.31 Å². The average molecular weight is 331 g/mol. The molecule has 0 saturated carbocycles. The molecular weight excluding hydrogens is 319 g/mol. The molecule has 0 unspecified atom stereocenters. The fourth-order valence-corrected chi connectivity index (χ4v) is 3.11. The van der Waals surface area contributed by atoms with Crippen LogP contribution in [0.5, 0.6) is 0 Å². The largest absolute Gasteiger partial charge is 0.416 e. The fraction of sp³-hybridized carbons (Fsp3) is 0.385. The van der Waals surface area contributed by atoms with Gasteiger partial charge >= 0.3 is 6.18 Å². The normalized spacial score (nSPS) is 11.9. The van der Waals surface area contributed by atoms with E-state index in [0.29, 0.717) is 12.1 Å². The topological polar surface area (TPSA) is 85.0 Å². The van der Waals surface area contributed by atoms with E-state index in [-0.39, 0.29) is 30.8 Å². The first-order valence-corrected chi connectivity index (χ1v) is 7.59. The van der Waals surface area contributed by atoms with Crippen molar-refractivity contribution >= 4 is 10.0 Å². The van der Waals surface area contributed by atoms with Gasteiger partial charge in [0.15, 0.2) is 0 Å². The van der Waals surface area contributed by atoms with E-state index in [1.807, 2.05) is 0 Å². The van der Waals surface area contributed by atoms with Crippen molar-refractivity contribution in [2.24, 2.45) is 0 Å². The van der Waals surface area contributed by atoms with Crippen molar-refractivity contribution in [3.63, 3.8) is 0 Å². The molecule has 0 aliphatic rings. The molecule has 0 atom stereocenters. The lowest BCUT2D eigenvalue weighted by Gasteiger charge is -2.20. The number of alkyl halides is 3. The van der Waals surface area contributed by atoms with E-state index >= 15 is 0 Å². The van der Waals surface area contributed by atoms with Crippen LogP contribution >= 0.6 is 0 Å². The average Bonchev–Trinajstić information content (AvgIpc) is 2.46. The molecule has 0 aliphatic heterocycles. The van der Waals surface area contributed by atoms with Gasteiger partial charge in [0, 0.05) is 25.9 Å². The number of hydrogen-bond donors (Lipinski definition) is 0. The van der Waals surface area contributed by atoms with Gasteiger partial charge < -0.3 is 0 Å². The highest BCUT2D eigenvalue weighted by atomic mass is 32.2. The van der Waals surface area contributed by atoms with Gasteiger partial charge in [-0.15, -0.1) is 0 Å². The van der Waals surface area contributed by atoms with Gasteiger partial charge in [0.1, 0.15) is 0 Å². The van der Waals surface area contributed by atoms with Crippen molar-refractivity contribution in [2.75, 3.05) is 13.1 Å². The van der Waals surface area contributed by atoms with Crippen LogP contribution in [0.4, 0.5) is 13.2 Å². The predicted molar refractivity (Wildman–Crippen MR) is 70.7 cm³/mol. The predicted octanol–water partition coefficient (Wildman–Crippen LogP) is 2.52. The van der Waals surface area contributed by atoms with Gasteiger partial charge in [0.05, 0.1) is 22.6 Å². The Balaban J connectivity index is 3.09. The molecule has 5 nitrogen and oxygen atoms in total. The number of sulfonamides is 1. The summed E-state index contributed by atoms with van der Waals surface area (Å²) in [6.45, 7) is -0.247. The van der Waals surface area contributed by atoms with Crippen LogP contribution in [0.3, 0.4) is 0 Å². The Kier molecular flexibility index (Phi) is 5.92. The third-order valence-electron chi connectivity index (χ3n) is 2.77. The molecule has 118 valence electrons. The molecule has 0 saturated heterocycles. The van der Waals surface area contributed by atoms with Gasteiger partial charge in [-0.1, -0.05) is 0 Å². The highest BCUT2D eigenvalue weighted by molar-refractivity contribution is 7.89. The third kappa shape index (κ3) is 4.45. The Bertz CT molecular complexity index is 667. The molecule has 1 rings (SSSR count). The molecular formula is C13H12F3N3O2S. The molecule has 22 heavy (non-hydrogen) atoms. The quantitative estimate of drug-likeness (QED) is 0.801. The van der Waals surface area contributed by atoms with E-state index in [1.54, 1.807) is 12.1 Å². The van der Waals surface area contributed by atoms with Crippen molar-refractivity contribution < 1.29 is 21.6 Å². The molecule has 1 aromatic rings. The molecule has 0 aliphatic carbocycles. The van der Waals surface area contributed by atoms with Gasteiger partial charge in [-0.25, -0.2) is 8.42 Å². The summed E-state index contributed by atoms with van der Waals surface area (Å²) in [7, 11) is -4.04. The summed E-state index contributed by atoms with van der Waals surface area (Å²) in [6.07, 6.45) is -4.71. The lowest BCUT2D eigenvalue weighted by molar-refractivity contribution is -0.137. The minimum Gasteiger partial charge on any atom is -0.207 e. The van der Waals surface area contributed by atoms with E-state index in [4.69, 9.17) is 10.5 Å². The van der Waals surface area contributed by atoms with Crippen LogP contribution in [0.1, 0.15) is 18.4 Å². The van der Waals surface area contributed by atoms with Crippen LogP contribution in [0.2, 0.25) is 0 Å². The number of nitriles is 2. The van der Waals surface area contributed by atoms with Crippen molar-refractivity contribution in [1.29, 1.82) is 10.5 Å². The molecule has 0 heterocycles. The molecule has 0 aromatic heterocycles. The molecule has 1 aromatic carbocycles.